The zero-order chi connectivity index (χ0) is 11.6. The molecular weight excluding hydrogens is 198 g/mol. The first-order valence-corrected chi connectivity index (χ1v) is 5.66. The van der Waals surface area contributed by atoms with Crippen molar-refractivity contribution in [3.8, 4) is 6.07 Å². The van der Waals surface area contributed by atoms with E-state index >= 15 is 0 Å². The summed E-state index contributed by atoms with van der Waals surface area (Å²) in [5.41, 5.74) is 2.13. The average molecular weight is 215 g/mol. The molecule has 0 aromatic carbocycles. The molecule has 1 aliphatic rings. The molecule has 1 aromatic heterocycles. The van der Waals surface area contributed by atoms with E-state index in [1.165, 1.54) is 12.0 Å². The van der Waals surface area contributed by atoms with Gasteiger partial charge in [0.15, 0.2) is 0 Å². The van der Waals surface area contributed by atoms with Crippen molar-refractivity contribution in [2.45, 2.75) is 26.8 Å². The van der Waals surface area contributed by atoms with Gasteiger partial charge < -0.3 is 0 Å². The monoisotopic (exact) mass is 215 g/mol. The molecule has 1 saturated heterocycles. The Bertz CT molecular complexity index is 417. The first-order valence-electron chi connectivity index (χ1n) is 5.66. The van der Waals surface area contributed by atoms with Crippen molar-refractivity contribution in [1.82, 2.24) is 9.88 Å². The smallest absolute Gasteiger partial charge is 0.140 e. The maximum Gasteiger partial charge on any atom is 0.140 e. The minimum atomic E-state index is 0.436. The zero-order valence-corrected chi connectivity index (χ0v) is 9.90. The second-order valence-corrected chi connectivity index (χ2v) is 5.29. The van der Waals surface area contributed by atoms with Crippen LogP contribution in [0.4, 0.5) is 0 Å². The van der Waals surface area contributed by atoms with Gasteiger partial charge in [-0.05, 0) is 36.1 Å². The van der Waals surface area contributed by atoms with Crippen molar-refractivity contribution in [2.75, 3.05) is 13.1 Å². The van der Waals surface area contributed by atoms with Crippen molar-refractivity contribution in [1.29, 1.82) is 5.26 Å². The van der Waals surface area contributed by atoms with Crippen LogP contribution in [0.5, 0.6) is 0 Å². The first kappa shape index (κ1) is 11.1. The summed E-state index contributed by atoms with van der Waals surface area (Å²) in [6, 6.07) is 5.95. The minimum absolute atomic E-state index is 0.436. The van der Waals surface area contributed by atoms with Crippen LogP contribution in [-0.2, 0) is 6.54 Å². The predicted octanol–water partition coefficient (Wildman–Crippen LogP) is 2.19. The molecule has 0 atom stereocenters. The molecule has 1 fully saturated rings. The third-order valence-electron chi connectivity index (χ3n) is 3.10. The Labute approximate surface area is 96.7 Å². The first-order chi connectivity index (χ1) is 7.59. The summed E-state index contributed by atoms with van der Waals surface area (Å²) in [7, 11) is 0. The Morgan fingerprint density at radius 3 is 3.00 bits per heavy atom. The van der Waals surface area contributed by atoms with Crippen molar-refractivity contribution >= 4 is 0 Å². The van der Waals surface area contributed by atoms with Gasteiger partial charge in [-0.3, -0.25) is 4.90 Å². The minimum Gasteiger partial charge on any atom is -0.299 e. The fourth-order valence-corrected chi connectivity index (χ4v) is 2.25. The molecule has 0 spiro atoms. The standard InChI is InChI=1S/C13H17N3/c1-13(2)4-6-16(10-13)9-11-3-5-15-12(7-11)8-14/h3,5,7H,4,6,9-10H2,1-2H3. The summed E-state index contributed by atoms with van der Waals surface area (Å²) in [6.07, 6.45) is 2.97. The van der Waals surface area contributed by atoms with E-state index in [9.17, 15) is 0 Å². The predicted molar refractivity (Wildman–Crippen MR) is 62.6 cm³/mol. The van der Waals surface area contributed by atoms with Crippen LogP contribution in [0.1, 0.15) is 31.5 Å². The number of rotatable bonds is 2. The van der Waals surface area contributed by atoms with Crippen LogP contribution in [-0.4, -0.2) is 23.0 Å². The lowest BCUT2D eigenvalue weighted by Crippen LogP contribution is -2.22. The van der Waals surface area contributed by atoms with E-state index in [2.05, 4.69) is 29.8 Å². The third kappa shape index (κ3) is 2.59. The molecule has 0 N–H and O–H groups in total. The van der Waals surface area contributed by atoms with Gasteiger partial charge in [0.2, 0.25) is 0 Å². The highest BCUT2D eigenvalue weighted by Crippen LogP contribution is 2.29. The van der Waals surface area contributed by atoms with E-state index in [1.54, 1.807) is 6.20 Å². The van der Waals surface area contributed by atoms with Crippen molar-refractivity contribution in [3.05, 3.63) is 29.6 Å². The molecule has 84 valence electrons. The van der Waals surface area contributed by atoms with Gasteiger partial charge in [-0.2, -0.15) is 5.26 Å². The van der Waals surface area contributed by atoms with Crippen LogP contribution >= 0.6 is 0 Å². The van der Waals surface area contributed by atoms with Crippen molar-refractivity contribution < 1.29 is 0 Å². The molecule has 2 rings (SSSR count). The SMILES string of the molecule is CC1(C)CCN(Cc2ccnc(C#N)c2)C1. The fraction of sp³-hybridized carbons (Fsp3) is 0.538. The lowest BCUT2D eigenvalue weighted by atomic mass is 9.93. The topological polar surface area (TPSA) is 39.9 Å². The Morgan fingerprint density at radius 1 is 1.56 bits per heavy atom. The molecule has 0 bridgehead atoms. The molecular formula is C13H17N3. The number of hydrogen-bond donors (Lipinski definition) is 0. The highest BCUT2D eigenvalue weighted by atomic mass is 15.1. The highest BCUT2D eigenvalue weighted by molar-refractivity contribution is 5.25. The normalized spacial score (nSPS) is 19.6. The van der Waals surface area contributed by atoms with E-state index < -0.39 is 0 Å². The molecule has 0 unspecified atom stereocenters. The summed E-state index contributed by atoms with van der Waals surface area (Å²) in [5.74, 6) is 0. The maximum atomic E-state index is 8.78. The molecule has 1 aromatic rings. The van der Waals surface area contributed by atoms with E-state index in [0.29, 0.717) is 11.1 Å². The van der Waals surface area contributed by atoms with E-state index in [-0.39, 0.29) is 0 Å². The Morgan fingerprint density at radius 2 is 2.38 bits per heavy atom. The molecule has 0 aliphatic carbocycles. The summed E-state index contributed by atoms with van der Waals surface area (Å²) >= 11 is 0. The van der Waals surface area contributed by atoms with Gasteiger partial charge >= 0.3 is 0 Å². The van der Waals surface area contributed by atoms with E-state index in [4.69, 9.17) is 5.26 Å². The molecule has 0 radical (unpaired) electrons. The lowest BCUT2D eigenvalue weighted by Gasteiger charge is -2.19. The molecule has 16 heavy (non-hydrogen) atoms. The second kappa shape index (κ2) is 4.23. The number of nitrogens with zero attached hydrogens (tertiary/aromatic N) is 3. The largest absolute Gasteiger partial charge is 0.299 e. The van der Waals surface area contributed by atoms with Gasteiger partial charge in [-0.1, -0.05) is 13.8 Å². The number of hydrogen-bond acceptors (Lipinski definition) is 3. The van der Waals surface area contributed by atoms with Gasteiger partial charge in [-0.25, -0.2) is 4.98 Å². The van der Waals surface area contributed by atoms with Gasteiger partial charge in [0.25, 0.3) is 0 Å². The summed E-state index contributed by atoms with van der Waals surface area (Å²) < 4.78 is 0. The number of aromatic nitrogens is 1. The van der Waals surface area contributed by atoms with Crippen LogP contribution in [0.15, 0.2) is 18.3 Å². The Balaban J connectivity index is 2.02. The second-order valence-electron chi connectivity index (χ2n) is 5.29. The highest BCUT2D eigenvalue weighted by Gasteiger charge is 2.28. The maximum absolute atomic E-state index is 8.78. The molecule has 2 heterocycles. The van der Waals surface area contributed by atoms with Gasteiger partial charge in [-0.15, -0.1) is 0 Å². The van der Waals surface area contributed by atoms with Crippen LogP contribution in [0.25, 0.3) is 0 Å². The Hall–Kier alpha value is -1.40. The van der Waals surface area contributed by atoms with Crippen LogP contribution in [0.2, 0.25) is 0 Å². The molecule has 0 amide bonds. The van der Waals surface area contributed by atoms with E-state index in [1.807, 2.05) is 12.1 Å². The van der Waals surface area contributed by atoms with Crippen molar-refractivity contribution in [3.63, 3.8) is 0 Å². The summed E-state index contributed by atoms with van der Waals surface area (Å²) in [6.45, 7) is 7.83. The van der Waals surface area contributed by atoms with Crippen LogP contribution < -0.4 is 0 Å². The van der Waals surface area contributed by atoms with Gasteiger partial charge in [0, 0.05) is 19.3 Å². The molecule has 3 heteroatoms. The van der Waals surface area contributed by atoms with Crippen LogP contribution in [0.3, 0.4) is 0 Å². The van der Waals surface area contributed by atoms with Gasteiger partial charge in [0.05, 0.1) is 0 Å². The lowest BCUT2D eigenvalue weighted by molar-refractivity contribution is 0.284. The van der Waals surface area contributed by atoms with Crippen molar-refractivity contribution in [2.24, 2.45) is 5.41 Å². The number of likely N-dealkylation sites (tertiary alicyclic amines) is 1. The van der Waals surface area contributed by atoms with Crippen LogP contribution in [0, 0.1) is 16.7 Å². The molecule has 3 nitrogen and oxygen atoms in total. The number of nitriles is 1. The molecule has 0 saturated carbocycles. The molecule has 1 aliphatic heterocycles. The summed E-state index contributed by atoms with van der Waals surface area (Å²) in [5, 5.41) is 8.78. The number of pyridine rings is 1. The third-order valence-corrected chi connectivity index (χ3v) is 3.10. The van der Waals surface area contributed by atoms with Gasteiger partial charge in [0.1, 0.15) is 11.8 Å². The quantitative estimate of drug-likeness (QED) is 0.759. The summed E-state index contributed by atoms with van der Waals surface area (Å²) in [4.78, 5) is 6.42. The fourth-order valence-electron chi connectivity index (χ4n) is 2.25. The van der Waals surface area contributed by atoms with E-state index in [0.717, 1.165) is 19.6 Å². The zero-order valence-electron chi connectivity index (χ0n) is 9.90. The Kier molecular flexibility index (Phi) is 2.93. The average Bonchev–Trinajstić information content (AvgIpc) is 2.58.